The highest BCUT2D eigenvalue weighted by molar-refractivity contribution is 5.78. The lowest BCUT2D eigenvalue weighted by Crippen LogP contribution is -2.40. The topological polar surface area (TPSA) is 23.6 Å². The number of nitrogens with zero attached hydrogens (tertiary/aromatic N) is 2. The van der Waals surface area contributed by atoms with Crippen molar-refractivity contribution in [3.63, 3.8) is 0 Å². The average Bonchev–Trinajstić information content (AvgIpc) is 2.43. The summed E-state index contributed by atoms with van der Waals surface area (Å²) >= 11 is 0. The van der Waals surface area contributed by atoms with E-state index >= 15 is 0 Å². The summed E-state index contributed by atoms with van der Waals surface area (Å²) in [4.78, 5) is 16.4. The third kappa shape index (κ3) is 4.67. The SMILES string of the molecule is CCN(CC)CC(=O)N(CC)Cc1ccccc1C. The second-order valence-corrected chi connectivity index (χ2v) is 4.80. The van der Waals surface area contributed by atoms with Crippen molar-refractivity contribution in [2.75, 3.05) is 26.2 Å². The van der Waals surface area contributed by atoms with E-state index in [-0.39, 0.29) is 5.91 Å². The molecule has 0 aliphatic carbocycles. The molecule has 0 heterocycles. The smallest absolute Gasteiger partial charge is 0.237 e. The molecule has 0 bridgehead atoms. The third-order valence-corrected chi connectivity index (χ3v) is 3.61. The first-order valence-corrected chi connectivity index (χ1v) is 7.16. The van der Waals surface area contributed by atoms with Gasteiger partial charge in [-0.1, -0.05) is 38.1 Å². The fourth-order valence-corrected chi connectivity index (χ4v) is 2.11. The van der Waals surface area contributed by atoms with Crippen LogP contribution in [0.5, 0.6) is 0 Å². The normalized spacial score (nSPS) is 10.8. The number of amides is 1. The molecule has 0 radical (unpaired) electrons. The fourth-order valence-electron chi connectivity index (χ4n) is 2.11. The molecule has 1 aromatic rings. The predicted molar refractivity (Wildman–Crippen MR) is 80.1 cm³/mol. The van der Waals surface area contributed by atoms with E-state index in [4.69, 9.17) is 0 Å². The van der Waals surface area contributed by atoms with Gasteiger partial charge in [0.2, 0.25) is 5.91 Å². The monoisotopic (exact) mass is 262 g/mol. The lowest BCUT2D eigenvalue weighted by Gasteiger charge is -2.25. The first-order chi connectivity index (χ1) is 9.12. The highest BCUT2D eigenvalue weighted by Gasteiger charge is 2.15. The molecule has 0 saturated carbocycles. The number of rotatable bonds is 7. The zero-order valence-corrected chi connectivity index (χ0v) is 12.6. The van der Waals surface area contributed by atoms with E-state index in [1.54, 1.807) is 0 Å². The molecule has 1 rings (SSSR count). The molecule has 0 atom stereocenters. The molecule has 3 heteroatoms. The first kappa shape index (κ1) is 15.7. The first-order valence-electron chi connectivity index (χ1n) is 7.16. The van der Waals surface area contributed by atoms with Gasteiger partial charge in [0.15, 0.2) is 0 Å². The molecule has 1 aromatic carbocycles. The Hall–Kier alpha value is -1.35. The van der Waals surface area contributed by atoms with E-state index in [1.165, 1.54) is 11.1 Å². The largest absolute Gasteiger partial charge is 0.338 e. The van der Waals surface area contributed by atoms with E-state index in [0.29, 0.717) is 13.1 Å². The van der Waals surface area contributed by atoms with Crippen molar-refractivity contribution in [2.24, 2.45) is 0 Å². The lowest BCUT2D eigenvalue weighted by molar-refractivity contribution is -0.132. The molecule has 0 spiro atoms. The van der Waals surface area contributed by atoms with Crippen molar-refractivity contribution in [1.82, 2.24) is 9.80 Å². The van der Waals surface area contributed by atoms with E-state index in [1.807, 2.05) is 24.0 Å². The van der Waals surface area contributed by atoms with Crippen molar-refractivity contribution < 1.29 is 4.79 Å². The zero-order valence-electron chi connectivity index (χ0n) is 12.6. The number of aryl methyl sites for hydroxylation is 1. The Bertz CT molecular complexity index is 399. The Morgan fingerprint density at radius 1 is 1.05 bits per heavy atom. The highest BCUT2D eigenvalue weighted by atomic mass is 16.2. The fraction of sp³-hybridized carbons (Fsp3) is 0.562. The van der Waals surface area contributed by atoms with Crippen LogP contribution in [0.1, 0.15) is 31.9 Å². The maximum absolute atomic E-state index is 12.3. The van der Waals surface area contributed by atoms with Crippen LogP contribution in [-0.4, -0.2) is 41.9 Å². The molecule has 0 saturated heterocycles. The van der Waals surface area contributed by atoms with Crippen molar-refractivity contribution in [3.05, 3.63) is 35.4 Å². The molecule has 3 nitrogen and oxygen atoms in total. The summed E-state index contributed by atoms with van der Waals surface area (Å²) in [7, 11) is 0. The second kappa shape index (κ2) is 7.95. The van der Waals surface area contributed by atoms with Crippen molar-refractivity contribution in [1.29, 1.82) is 0 Å². The Kier molecular flexibility index (Phi) is 6.57. The van der Waals surface area contributed by atoms with Crippen LogP contribution in [0.2, 0.25) is 0 Å². The quantitative estimate of drug-likeness (QED) is 0.754. The van der Waals surface area contributed by atoms with E-state index < -0.39 is 0 Å². The Balaban J connectivity index is 2.68. The summed E-state index contributed by atoms with van der Waals surface area (Å²) in [6.07, 6.45) is 0. The number of carbonyl (C=O) groups is 1. The van der Waals surface area contributed by atoms with Gasteiger partial charge >= 0.3 is 0 Å². The van der Waals surface area contributed by atoms with Gasteiger partial charge in [0.1, 0.15) is 0 Å². The molecule has 0 N–H and O–H groups in total. The minimum atomic E-state index is 0.217. The van der Waals surface area contributed by atoms with Crippen LogP contribution < -0.4 is 0 Å². The summed E-state index contributed by atoms with van der Waals surface area (Å²) in [5, 5.41) is 0. The van der Waals surface area contributed by atoms with Gasteiger partial charge in [-0.2, -0.15) is 0 Å². The molecule has 1 amide bonds. The third-order valence-electron chi connectivity index (χ3n) is 3.61. The lowest BCUT2D eigenvalue weighted by atomic mass is 10.1. The number of likely N-dealkylation sites (N-methyl/N-ethyl adjacent to an activating group) is 2. The highest BCUT2D eigenvalue weighted by Crippen LogP contribution is 2.10. The molecular formula is C16H26N2O. The van der Waals surface area contributed by atoms with E-state index in [2.05, 4.69) is 37.8 Å². The number of hydrogen-bond acceptors (Lipinski definition) is 2. The Labute approximate surface area is 117 Å². The maximum atomic E-state index is 12.3. The van der Waals surface area contributed by atoms with E-state index in [0.717, 1.165) is 19.6 Å². The van der Waals surface area contributed by atoms with Crippen LogP contribution in [0.4, 0.5) is 0 Å². The van der Waals surface area contributed by atoms with Gasteiger partial charge in [-0.25, -0.2) is 0 Å². The minimum absolute atomic E-state index is 0.217. The molecule has 0 aliphatic rings. The van der Waals surface area contributed by atoms with Gasteiger partial charge in [0.25, 0.3) is 0 Å². The van der Waals surface area contributed by atoms with Gasteiger partial charge < -0.3 is 4.90 Å². The Morgan fingerprint density at radius 2 is 1.68 bits per heavy atom. The molecule has 0 aromatic heterocycles. The van der Waals surface area contributed by atoms with Crippen LogP contribution in [0.25, 0.3) is 0 Å². The van der Waals surface area contributed by atoms with Crippen LogP contribution in [0.15, 0.2) is 24.3 Å². The van der Waals surface area contributed by atoms with Crippen molar-refractivity contribution in [2.45, 2.75) is 34.2 Å². The van der Waals surface area contributed by atoms with Crippen LogP contribution in [-0.2, 0) is 11.3 Å². The molecule has 0 aliphatic heterocycles. The predicted octanol–water partition coefficient (Wildman–Crippen LogP) is 2.69. The van der Waals surface area contributed by atoms with E-state index in [9.17, 15) is 4.79 Å². The number of hydrogen-bond donors (Lipinski definition) is 0. The molecule has 19 heavy (non-hydrogen) atoms. The second-order valence-electron chi connectivity index (χ2n) is 4.80. The standard InChI is InChI=1S/C16H26N2O/c1-5-17(6-2)13-16(19)18(7-3)12-15-11-9-8-10-14(15)4/h8-11H,5-7,12-13H2,1-4H3. The summed E-state index contributed by atoms with van der Waals surface area (Å²) in [6, 6.07) is 8.26. The van der Waals surface area contributed by atoms with Gasteiger partial charge in [0, 0.05) is 13.1 Å². The molecular weight excluding hydrogens is 236 g/mol. The Morgan fingerprint density at radius 3 is 2.21 bits per heavy atom. The van der Waals surface area contributed by atoms with Gasteiger partial charge in [-0.3, -0.25) is 9.69 Å². The zero-order chi connectivity index (χ0) is 14.3. The van der Waals surface area contributed by atoms with Crippen LogP contribution in [0, 0.1) is 6.92 Å². The minimum Gasteiger partial charge on any atom is -0.338 e. The molecule has 0 unspecified atom stereocenters. The number of benzene rings is 1. The van der Waals surface area contributed by atoms with Crippen LogP contribution >= 0.6 is 0 Å². The summed E-state index contributed by atoms with van der Waals surface area (Å²) in [6.45, 7) is 12.2. The van der Waals surface area contributed by atoms with Crippen molar-refractivity contribution in [3.8, 4) is 0 Å². The average molecular weight is 262 g/mol. The van der Waals surface area contributed by atoms with Crippen molar-refractivity contribution >= 4 is 5.91 Å². The van der Waals surface area contributed by atoms with Gasteiger partial charge in [-0.05, 0) is 38.1 Å². The van der Waals surface area contributed by atoms with Gasteiger partial charge in [-0.15, -0.1) is 0 Å². The van der Waals surface area contributed by atoms with Gasteiger partial charge in [0.05, 0.1) is 6.54 Å². The summed E-state index contributed by atoms with van der Waals surface area (Å²) in [5.41, 5.74) is 2.48. The summed E-state index contributed by atoms with van der Waals surface area (Å²) in [5.74, 6) is 0.217. The molecule has 0 fully saturated rings. The molecule has 106 valence electrons. The maximum Gasteiger partial charge on any atom is 0.237 e. The number of carbonyl (C=O) groups excluding carboxylic acids is 1. The van der Waals surface area contributed by atoms with Crippen LogP contribution in [0.3, 0.4) is 0 Å². The summed E-state index contributed by atoms with van der Waals surface area (Å²) < 4.78 is 0.